The second-order valence-corrected chi connectivity index (χ2v) is 8.02. The molecule has 0 saturated heterocycles. The number of rotatable bonds is 9. The molecule has 0 aromatic heterocycles. The van der Waals surface area contributed by atoms with Crippen LogP contribution in [0.15, 0.2) is 41.3 Å². The molecule has 11 nitrogen and oxygen atoms in total. The van der Waals surface area contributed by atoms with Crippen molar-refractivity contribution in [1.82, 2.24) is 4.72 Å². The zero-order chi connectivity index (χ0) is 23.2. The zero-order valence-electron chi connectivity index (χ0n) is 15.8. The molecule has 0 heterocycles. The van der Waals surface area contributed by atoms with Gasteiger partial charge in [0.25, 0.3) is 11.6 Å². The molecule has 166 valence electrons. The summed E-state index contributed by atoms with van der Waals surface area (Å²) in [5, 5.41) is 15.8. The number of carbonyl (C=O) groups excluding carboxylic acids is 2. The molecule has 0 radical (unpaired) electrons. The van der Waals surface area contributed by atoms with E-state index in [4.69, 9.17) is 11.6 Å². The van der Waals surface area contributed by atoms with Gasteiger partial charge in [0.05, 0.1) is 20.5 Å². The number of esters is 1. The van der Waals surface area contributed by atoms with Crippen molar-refractivity contribution < 1.29 is 32.1 Å². The molecule has 0 spiro atoms. The monoisotopic (exact) mass is 474 g/mol. The lowest BCUT2D eigenvalue weighted by Crippen LogP contribution is -2.32. The van der Waals surface area contributed by atoms with E-state index in [2.05, 4.69) is 15.4 Å². The highest BCUT2D eigenvalue weighted by molar-refractivity contribution is 7.89. The number of sulfonamides is 1. The second-order valence-electron chi connectivity index (χ2n) is 5.84. The maximum absolute atomic E-state index is 13.0. The summed E-state index contributed by atoms with van der Waals surface area (Å²) in [5.41, 5.74) is -0.267. The van der Waals surface area contributed by atoms with Crippen molar-refractivity contribution in [2.24, 2.45) is 0 Å². The Kier molecular flexibility index (Phi) is 7.85. The molecular weight excluding hydrogens is 459 g/mol. The van der Waals surface area contributed by atoms with Crippen molar-refractivity contribution in [2.45, 2.75) is 4.90 Å². The summed E-state index contributed by atoms with van der Waals surface area (Å²) in [6.07, 6.45) is 0. The van der Waals surface area contributed by atoms with Gasteiger partial charge in [-0.3, -0.25) is 19.7 Å². The fraction of sp³-hybridized carbons (Fsp3) is 0.176. The molecule has 1 amide bonds. The molecule has 14 heteroatoms. The SMILES string of the molecule is CNc1ccc(S(=O)(=O)NCC(=O)OCC(=O)Nc2ccc(F)cc2Cl)cc1[N+](=O)[O-]. The Balaban J connectivity index is 1.92. The number of ether oxygens (including phenoxy) is 1. The summed E-state index contributed by atoms with van der Waals surface area (Å²) in [6.45, 7) is -1.58. The Hall–Kier alpha value is -3.29. The van der Waals surface area contributed by atoms with E-state index in [1.807, 2.05) is 4.72 Å². The van der Waals surface area contributed by atoms with Crippen LogP contribution in [0.4, 0.5) is 21.5 Å². The number of nitrogens with one attached hydrogen (secondary N) is 3. The van der Waals surface area contributed by atoms with E-state index in [1.54, 1.807) is 0 Å². The third kappa shape index (κ3) is 6.60. The number of anilines is 2. The van der Waals surface area contributed by atoms with Gasteiger partial charge in [0, 0.05) is 13.1 Å². The van der Waals surface area contributed by atoms with Gasteiger partial charge in [-0.15, -0.1) is 0 Å². The zero-order valence-corrected chi connectivity index (χ0v) is 17.4. The van der Waals surface area contributed by atoms with Gasteiger partial charge >= 0.3 is 5.97 Å². The largest absolute Gasteiger partial charge is 0.455 e. The first-order valence-electron chi connectivity index (χ1n) is 8.40. The van der Waals surface area contributed by atoms with E-state index in [0.717, 1.165) is 24.3 Å². The molecule has 2 rings (SSSR count). The Morgan fingerprint density at radius 2 is 1.87 bits per heavy atom. The van der Waals surface area contributed by atoms with Crippen molar-refractivity contribution in [2.75, 3.05) is 30.8 Å². The van der Waals surface area contributed by atoms with Crippen LogP contribution in [0.2, 0.25) is 5.02 Å². The van der Waals surface area contributed by atoms with Gasteiger partial charge in [-0.2, -0.15) is 4.72 Å². The molecule has 0 atom stereocenters. The minimum Gasteiger partial charge on any atom is -0.455 e. The summed E-state index contributed by atoms with van der Waals surface area (Å²) in [5.74, 6) is -2.47. The topological polar surface area (TPSA) is 157 Å². The first-order chi connectivity index (χ1) is 14.5. The normalized spacial score (nSPS) is 10.9. The number of nitro groups is 1. The molecule has 0 aliphatic rings. The quantitative estimate of drug-likeness (QED) is 0.282. The van der Waals surface area contributed by atoms with Gasteiger partial charge in [0.15, 0.2) is 6.61 Å². The van der Waals surface area contributed by atoms with Crippen LogP contribution in [0.5, 0.6) is 0 Å². The van der Waals surface area contributed by atoms with Crippen LogP contribution in [0, 0.1) is 15.9 Å². The highest BCUT2D eigenvalue weighted by Gasteiger charge is 2.22. The lowest BCUT2D eigenvalue weighted by Gasteiger charge is -2.10. The van der Waals surface area contributed by atoms with E-state index >= 15 is 0 Å². The van der Waals surface area contributed by atoms with Gasteiger partial charge in [0.2, 0.25) is 10.0 Å². The number of hydrogen-bond donors (Lipinski definition) is 3. The fourth-order valence-electron chi connectivity index (χ4n) is 2.25. The minimum absolute atomic E-state index is 0.0641. The third-order valence-electron chi connectivity index (χ3n) is 3.72. The van der Waals surface area contributed by atoms with Gasteiger partial charge in [0.1, 0.15) is 18.0 Å². The minimum atomic E-state index is -4.27. The van der Waals surface area contributed by atoms with Crippen LogP contribution in [0.25, 0.3) is 0 Å². The Bertz CT molecular complexity index is 1130. The van der Waals surface area contributed by atoms with E-state index in [-0.39, 0.29) is 16.4 Å². The first kappa shape index (κ1) is 24.0. The van der Waals surface area contributed by atoms with Crippen molar-refractivity contribution >= 4 is 50.6 Å². The molecular formula is C17H16ClFN4O7S. The summed E-state index contributed by atoms with van der Waals surface area (Å²) in [7, 11) is -2.83. The van der Waals surface area contributed by atoms with Crippen LogP contribution < -0.4 is 15.4 Å². The maximum Gasteiger partial charge on any atom is 0.321 e. The number of hydrogen-bond acceptors (Lipinski definition) is 8. The van der Waals surface area contributed by atoms with E-state index in [9.17, 15) is 32.5 Å². The Labute approximate surface area is 180 Å². The smallest absolute Gasteiger partial charge is 0.321 e. The number of nitro benzene ring substituents is 1. The van der Waals surface area contributed by atoms with Crippen molar-refractivity contribution in [3.63, 3.8) is 0 Å². The van der Waals surface area contributed by atoms with Gasteiger partial charge in [-0.1, -0.05) is 11.6 Å². The second kappa shape index (κ2) is 10.1. The summed E-state index contributed by atoms with van der Waals surface area (Å²) in [6, 6.07) is 6.41. The van der Waals surface area contributed by atoms with Gasteiger partial charge < -0.3 is 15.4 Å². The van der Waals surface area contributed by atoms with Gasteiger partial charge in [-0.25, -0.2) is 12.8 Å². The van der Waals surface area contributed by atoms with Crippen molar-refractivity contribution in [3.8, 4) is 0 Å². The number of halogens is 2. The first-order valence-corrected chi connectivity index (χ1v) is 10.3. The highest BCUT2D eigenvalue weighted by atomic mass is 35.5. The van der Waals surface area contributed by atoms with Crippen molar-refractivity contribution in [1.29, 1.82) is 0 Å². The average molecular weight is 475 g/mol. The predicted octanol–water partition coefficient (Wildman–Crippen LogP) is 1.89. The lowest BCUT2D eigenvalue weighted by molar-refractivity contribution is -0.384. The highest BCUT2D eigenvalue weighted by Crippen LogP contribution is 2.27. The molecule has 2 aromatic carbocycles. The fourth-order valence-corrected chi connectivity index (χ4v) is 3.46. The molecule has 0 aliphatic carbocycles. The van der Waals surface area contributed by atoms with Crippen LogP contribution in [0.3, 0.4) is 0 Å². The van der Waals surface area contributed by atoms with E-state index < -0.39 is 56.4 Å². The molecule has 0 aliphatic heterocycles. The van der Waals surface area contributed by atoms with Crippen LogP contribution in [-0.2, 0) is 24.3 Å². The summed E-state index contributed by atoms with van der Waals surface area (Å²) < 4.78 is 44.1. The Morgan fingerprint density at radius 1 is 1.19 bits per heavy atom. The third-order valence-corrected chi connectivity index (χ3v) is 5.43. The summed E-state index contributed by atoms with van der Waals surface area (Å²) >= 11 is 5.76. The Morgan fingerprint density at radius 3 is 2.48 bits per heavy atom. The van der Waals surface area contributed by atoms with Crippen molar-refractivity contribution in [3.05, 3.63) is 57.4 Å². The number of carbonyl (C=O) groups is 2. The molecule has 0 saturated carbocycles. The predicted molar refractivity (Wildman–Crippen MR) is 109 cm³/mol. The van der Waals surface area contributed by atoms with Crippen LogP contribution in [0.1, 0.15) is 0 Å². The van der Waals surface area contributed by atoms with Crippen LogP contribution in [-0.4, -0.2) is 45.4 Å². The van der Waals surface area contributed by atoms with Gasteiger partial charge in [-0.05, 0) is 30.3 Å². The standard InChI is InChI=1S/C17H16ClFN4O7S/c1-20-14-5-3-11(7-15(14)23(26)27)31(28,29)21-8-17(25)30-9-16(24)22-13-4-2-10(19)6-12(13)18/h2-7,20-21H,8-9H2,1H3,(H,22,24). The van der Waals surface area contributed by atoms with E-state index in [0.29, 0.717) is 0 Å². The lowest BCUT2D eigenvalue weighted by atomic mass is 10.3. The molecule has 31 heavy (non-hydrogen) atoms. The number of amides is 1. The number of benzene rings is 2. The number of nitrogens with zero attached hydrogens (tertiary/aromatic N) is 1. The summed E-state index contributed by atoms with van der Waals surface area (Å²) in [4.78, 5) is 33.4. The molecule has 0 fully saturated rings. The molecule has 2 aromatic rings. The molecule has 3 N–H and O–H groups in total. The van der Waals surface area contributed by atoms with E-state index in [1.165, 1.54) is 19.2 Å². The molecule has 0 bridgehead atoms. The van der Waals surface area contributed by atoms with Crippen LogP contribution >= 0.6 is 11.6 Å². The molecule has 0 unspecified atom stereocenters. The average Bonchev–Trinajstić information content (AvgIpc) is 2.72. The maximum atomic E-state index is 13.0.